The highest BCUT2D eigenvalue weighted by atomic mass is 35.5. The highest BCUT2D eigenvalue weighted by Gasteiger charge is 2.30. The Balaban J connectivity index is 2.07. The van der Waals surface area contributed by atoms with E-state index in [1.54, 1.807) is 23.1 Å². The fraction of sp³-hybridized carbons (Fsp3) is 0.500. The number of aliphatic hydroxyl groups excluding tert-OH is 1. The molecule has 1 atom stereocenters. The van der Waals surface area contributed by atoms with E-state index < -0.39 is 11.8 Å². The zero-order chi connectivity index (χ0) is 16.1. The summed E-state index contributed by atoms with van der Waals surface area (Å²) < 4.78 is 0. The Bertz CT molecular complexity index is 560. The molecule has 1 unspecified atom stereocenters. The van der Waals surface area contributed by atoms with Gasteiger partial charge in [-0.3, -0.25) is 9.59 Å². The van der Waals surface area contributed by atoms with E-state index in [1.807, 2.05) is 6.92 Å². The highest BCUT2D eigenvalue weighted by Crippen LogP contribution is 2.22. The van der Waals surface area contributed by atoms with Crippen LogP contribution in [0.15, 0.2) is 18.2 Å². The smallest absolute Gasteiger partial charge is 0.313 e. The summed E-state index contributed by atoms with van der Waals surface area (Å²) in [5.74, 6) is -1.20. The van der Waals surface area contributed by atoms with Crippen molar-refractivity contribution in [3.05, 3.63) is 28.8 Å². The van der Waals surface area contributed by atoms with Crippen LogP contribution in [0.3, 0.4) is 0 Å². The summed E-state index contributed by atoms with van der Waals surface area (Å²) in [6, 6.07) is 5.09. The number of aryl methyl sites for hydroxylation is 1. The van der Waals surface area contributed by atoms with Gasteiger partial charge in [0.2, 0.25) is 0 Å². The van der Waals surface area contributed by atoms with Crippen LogP contribution in [0.1, 0.15) is 31.2 Å². The predicted octanol–water partition coefficient (Wildman–Crippen LogP) is 2.35. The second-order valence-electron chi connectivity index (χ2n) is 5.57. The third-order valence-corrected chi connectivity index (χ3v) is 4.23. The number of piperidine rings is 1. The number of carbonyl (C=O) groups excluding carboxylic acids is 2. The van der Waals surface area contributed by atoms with E-state index in [-0.39, 0.29) is 12.6 Å². The van der Waals surface area contributed by atoms with Gasteiger partial charge in [0.25, 0.3) is 0 Å². The molecule has 1 aromatic carbocycles. The number of benzene rings is 1. The van der Waals surface area contributed by atoms with Crippen LogP contribution in [-0.4, -0.2) is 41.0 Å². The predicted molar refractivity (Wildman–Crippen MR) is 85.9 cm³/mol. The molecule has 2 N–H and O–H groups in total. The quantitative estimate of drug-likeness (QED) is 0.839. The molecule has 1 fully saturated rings. The van der Waals surface area contributed by atoms with E-state index in [1.165, 1.54) is 0 Å². The second kappa shape index (κ2) is 7.61. The van der Waals surface area contributed by atoms with Crippen molar-refractivity contribution in [2.75, 3.05) is 18.5 Å². The lowest BCUT2D eigenvalue weighted by atomic mass is 9.99. The van der Waals surface area contributed by atoms with E-state index in [9.17, 15) is 9.59 Å². The molecule has 1 heterocycles. The Morgan fingerprint density at radius 3 is 2.91 bits per heavy atom. The molecule has 0 aromatic heterocycles. The Hall–Kier alpha value is -1.59. The number of hydrogen-bond donors (Lipinski definition) is 2. The summed E-state index contributed by atoms with van der Waals surface area (Å²) >= 11 is 5.92. The minimum Gasteiger partial charge on any atom is -0.396 e. The van der Waals surface area contributed by atoms with Gasteiger partial charge in [0.05, 0.1) is 0 Å². The van der Waals surface area contributed by atoms with Gasteiger partial charge in [-0.1, -0.05) is 17.7 Å². The maximum absolute atomic E-state index is 12.4. The molecule has 1 aliphatic rings. The minimum atomic E-state index is -0.657. The van der Waals surface area contributed by atoms with Crippen molar-refractivity contribution in [3.63, 3.8) is 0 Å². The van der Waals surface area contributed by atoms with Crippen molar-refractivity contribution < 1.29 is 14.7 Å². The first kappa shape index (κ1) is 16.8. The fourth-order valence-electron chi connectivity index (χ4n) is 2.75. The molecule has 22 heavy (non-hydrogen) atoms. The van der Waals surface area contributed by atoms with Crippen LogP contribution in [0, 0.1) is 6.92 Å². The number of halogens is 1. The molecule has 0 bridgehead atoms. The monoisotopic (exact) mass is 324 g/mol. The minimum absolute atomic E-state index is 0.0173. The van der Waals surface area contributed by atoms with Crippen molar-refractivity contribution in [1.29, 1.82) is 0 Å². The number of likely N-dealkylation sites (tertiary alicyclic amines) is 1. The van der Waals surface area contributed by atoms with Crippen molar-refractivity contribution in [2.24, 2.45) is 0 Å². The second-order valence-corrected chi connectivity index (χ2v) is 6.01. The van der Waals surface area contributed by atoms with Gasteiger partial charge in [0.1, 0.15) is 0 Å². The zero-order valence-corrected chi connectivity index (χ0v) is 13.4. The van der Waals surface area contributed by atoms with Gasteiger partial charge in [-0.2, -0.15) is 0 Å². The number of hydrogen-bond acceptors (Lipinski definition) is 3. The number of amides is 2. The fourth-order valence-corrected chi connectivity index (χ4v) is 2.92. The molecule has 6 heteroatoms. The van der Waals surface area contributed by atoms with Crippen LogP contribution in [0.25, 0.3) is 0 Å². The molecule has 120 valence electrons. The first-order valence-corrected chi connectivity index (χ1v) is 7.89. The van der Waals surface area contributed by atoms with Gasteiger partial charge in [-0.05, 0) is 50.3 Å². The standard InChI is InChI=1S/C16H21ClN2O3/c1-11-5-6-12(17)10-14(11)18-15(21)16(22)19-8-3-2-4-13(19)7-9-20/h5-6,10,13,20H,2-4,7-9H2,1H3,(H,18,21). The first-order valence-electron chi connectivity index (χ1n) is 7.52. The van der Waals surface area contributed by atoms with Crippen molar-refractivity contribution in [1.82, 2.24) is 4.90 Å². The van der Waals surface area contributed by atoms with Crippen LogP contribution in [0.5, 0.6) is 0 Å². The Morgan fingerprint density at radius 1 is 1.41 bits per heavy atom. The van der Waals surface area contributed by atoms with Gasteiger partial charge in [0, 0.05) is 29.9 Å². The van der Waals surface area contributed by atoms with E-state index in [2.05, 4.69) is 5.32 Å². The molecule has 0 saturated carbocycles. The maximum atomic E-state index is 12.4. The van der Waals surface area contributed by atoms with Gasteiger partial charge in [0.15, 0.2) is 0 Å². The number of anilines is 1. The molecule has 2 rings (SSSR count). The largest absolute Gasteiger partial charge is 0.396 e. The molecule has 1 saturated heterocycles. The number of aliphatic hydroxyl groups is 1. The van der Waals surface area contributed by atoms with Crippen LogP contribution in [0.2, 0.25) is 5.02 Å². The van der Waals surface area contributed by atoms with Crippen LogP contribution in [-0.2, 0) is 9.59 Å². The first-order chi connectivity index (χ1) is 10.5. The third kappa shape index (κ3) is 3.99. The lowest BCUT2D eigenvalue weighted by Gasteiger charge is -2.35. The van der Waals surface area contributed by atoms with Crippen LogP contribution >= 0.6 is 11.6 Å². The van der Waals surface area contributed by atoms with E-state index in [4.69, 9.17) is 16.7 Å². The Morgan fingerprint density at radius 2 is 2.18 bits per heavy atom. The van der Waals surface area contributed by atoms with E-state index in [0.717, 1.165) is 24.8 Å². The van der Waals surface area contributed by atoms with Gasteiger partial charge in [-0.25, -0.2) is 0 Å². The SMILES string of the molecule is Cc1ccc(Cl)cc1NC(=O)C(=O)N1CCCCC1CCO. The van der Waals surface area contributed by atoms with Crippen LogP contribution < -0.4 is 5.32 Å². The van der Waals surface area contributed by atoms with Crippen molar-refractivity contribution >= 4 is 29.1 Å². The topological polar surface area (TPSA) is 69.6 Å². The average molecular weight is 325 g/mol. The van der Waals surface area contributed by atoms with Crippen molar-refractivity contribution in [2.45, 2.75) is 38.6 Å². The summed E-state index contributed by atoms with van der Waals surface area (Å²) in [4.78, 5) is 26.2. The molecule has 1 aromatic rings. The maximum Gasteiger partial charge on any atom is 0.313 e. The normalized spacial score (nSPS) is 18.1. The lowest BCUT2D eigenvalue weighted by molar-refractivity contribution is -0.146. The number of nitrogens with zero attached hydrogens (tertiary/aromatic N) is 1. The number of rotatable bonds is 3. The summed E-state index contributed by atoms with van der Waals surface area (Å²) in [5, 5.41) is 12.2. The zero-order valence-electron chi connectivity index (χ0n) is 12.6. The molecule has 0 radical (unpaired) electrons. The van der Waals surface area contributed by atoms with Crippen LogP contribution in [0.4, 0.5) is 5.69 Å². The summed E-state index contributed by atoms with van der Waals surface area (Å²) in [6.45, 7) is 2.42. The third-order valence-electron chi connectivity index (χ3n) is 3.99. The van der Waals surface area contributed by atoms with E-state index in [0.29, 0.717) is 23.7 Å². The Labute approximate surface area is 135 Å². The average Bonchev–Trinajstić information content (AvgIpc) is 2.51. The summed E-state index contributed by atoms with van der Waals surface area (Å²) in [5.41, 5.74) is 1.39. The number of nitrogens with one attached hydrogen (secondary N) is 1. The number of carbonyl (C=O) groups is 2. The molecule has 5 nitrogen and oxygen atoms in total. The van der Waals surface area contributed by atoms with Gasteiger partial charge >= 0.3 is 11.8 Å². The lowest BCUT2D eigenvalue weighted by Crippen LogP contribution is -2.48. The highest BCUT2D eigenvalue weighted by molar-refractivity contribution is 6.40. The molecular formula is C16H21ClN2O3. The summed E-state index contributed by atoms with van der Waals surface area (Å²) in [6.07, 6.45) is 3.24. The molecule has 0 aliphatic carbocycles. The van der Waals surface area contributed by atoms with E-state index >= 15 is 0 Å². The van der Waals surface area contributed by atoms with Gasteiger partial charge < -0.3 is 15.3 Å². The molecule has 0 spiro atoms. The summed E-state index contributed by atoms with van der Waals surface area (Å²) in [7, 11) is 0. The van der Waals surface area contributed by atoms with Gasteiger partial charge in [-0.15, -0.1) is 0 Å². The molecule has 2 amide bonds. The van der Waals surface area contributed by atoms with Crippen molar-refractivity contribution in [3.8, 4) is 0 Å². The molecular weight excluding hydrogens is 304 g/mol. The molecule has 1 aliphatic heterocycles. The Kier molecular flexibility index (Phi) is 5.80.